The predicted molar refractivity (Wildman–Crippen MR) is 109 cm³/mol. The molecule has 1 aliphatic rings. The van der Waals surface area contributed by atoms with Crippen molar-refractivity contribution in [1.82, 2.24) is 15.1 Å². The molecular formula is C21H29N3O3S. The largest absolute Gasteiger partial charge is 0.484 e. The second-order valence-electron chi connectivity index (χ2n) is 7.73. The van der Waals surface area contributed by atoms with Crippen molar-refractivity contribution in [3.63, 3.8) is 0 Å². The number of amides is 1. The standard InChI is InChI=1S/C21H29N3O3S/c1-14-6-9-17(10-7-14)24(4)20(25)13-28-21-23-22-19(27-21)12-26-18-11-15(2)5-8-16(18)3/h5,8,11,14,17H,6-7,9-10,12-13H2,1-4H3. The zero-order chi connectivity index (χ0) is 20.1. The van der Waals surface area contributed by atoms with Crippen molar-refractivity contribution in [1.29, 1.82) is 0 Å². The number of aryl methyl sites for hydroxylation is 2. The zero-order valence-electron chi connectivity index (χ0n) is 17.1. The van der Waals surface area contributed by atoms with Crippen LogP contribution in [0.15, 0.2) is 27.8 Å². The van der Waals surface area contributed by atoms with Crippen LogP contribution in [0.2, 0.25) is 0 Å². The van der Waals surface area contributed by atoms with E-state index >= 15 is 0 Å². The molecule has 2 aromatic rings. The molecule has 0 aliphatic heterocycles. The highest BCUT2D eigenvalue weighted by Crippen LogP contribution is 2.27. The van der Waals surface area contributed by atoms with Crippen molar-refractivity contribution in [2.24, 2.45) is 5.92 Å². The van der Waals surface area contributed by atoms with E-state index in [0.29, 0.717) is 22.9 Å². The van der Waals surface area contributed by atoms with Crippen molar-refractivity contribution in [2.75, 3.05) is 12.8 Å². The SMILES string of the molecule is Cc1ccc(C)c(OCc2nnc(SCC(=O)N(C)C3CCC(C)CC3)o2)c1. The van der Waals surface area contributed by atoms with Crippen LogP contribution in [0, 0.1) is 19.8 Å². The van der Waals surface area contributed by atoms with Gasteiger partial charge in [-0.3, -0.25) is 4.79 Å². The van der Waals surface area contributed by atoms with Gasteiger partial charge in [-0.2, -0.15) is 0 Å². The molecule has 1 aromatic carbocycles. The maximum Gasteiger partial charge on any atom is 0.277 e. The number of ether oxygens (including phenoxy) is 1. The second kappa shape index (κ2) is 9.45. The van der Waals surface area contributed by atoms with Crippen LogP contribution in [0.5, 0.6) is 5.75 Å². The Labute approximate surface area is 171 Å². The van der Waals surface area contributed by atoms with Crippen LogP contribution in [-0.4, -0.2) is 39.8 Å². The summed E-state index contributed by atoms with van der Waals surface area (Å²) < 4.78 is 11.4. The van der Waals surface area contributed by atoms with E-state index in [1.54, 1.807) is 0 Å². The third-order valence-electron chi connectivity index (χ3n) is 5.39. The van der Waals surface area contributed by atoms with Gasteiger partial charge >= 0.3 is 0 Å². The van der Waals surface area contributed by atoms with Crippen molar-refractivity contribution in [2.45, 2.75) is 64.3 Å². The smallest absolute Gasteiger partial charge is 0.277 e. The van der Waals surface area contributed by atoms with Gasteiger partial charge < -0.3 is 14.1 Å². The summed E-state index contributed by atoms with van der Waals surface area (Å²) in [5.74, 6) is 2.41. The van der Waals surface area contributed by atoms with Gasteiger partial charge in [0.05, 0.1) is 5.75 Å². The van der Waals surface area contributed by atoms with Crippen LogP contribution >= 0.6 is 11.8 Å². The van der Waals surface area contributed by atoms with Crippen molar-refractivity contribution in [3.8, 4) is 5.75 Å². The molecule has 0 unspecified atom stereocenters. The molecule has 1 saturated carbocycles. The topological polar surface area (TPSA) is 68.5 Å². The van der Waals surface area contributed by atoms with Gasteiger partial charge in [-0.25, -0.2) is 0 Å². The Balaban J connectivity index is 1.46. The van der Waals surface area contributed by atoms with E-state index in [9.17, 15) is 4.79 Å². The average molecular weight is 404 g/mol. The molecule has 1 amide bonds. The van der Waals surface area contributed by atoms with E-state index in [1.165, 1.54) is 24.6 Å². The molecule has 1 aliphatic carbocycles. The van der Waals surface area contributed by atoms with Gasteiger partial charge in [0.25, 0.3) is 11.1 Å². The van der Waals surface area contributed by atoms with Crippen LogP contribution in [0.3, 0.4) is 0 Å². The summed E-state index contributed by atoms with van der Waals surface area (Å²) in [6, 6.07) is 6.41. The quantitative estimate of drug-likeness (QED) is 0.639. The molecule has 0 saturated heterocycles. The summed E-state index contributed by atoms with van der Waals surface area (Å²) >= 11 is 1.28. The number of thioether (sulfide) groups is 1. The molecule has 0 radical (unpaired) electrons. The molecule has 0 spiro atoms. The van der Waals surface area contributed by atoms with E-state index in [1.807, 2.05) is 44.0 Å². The van der Waals surface area contributed by atoms with Gasteiger partial charge in [0, 0.05) is 13.1 Å². The highest BCUT2D eigenvalue weighted by molar-refractivity contribution is 7.99. The van der Waals surface area contributed by atoms with Gasteiger partial charge in [0.15, 0.2) is 6.61 Å². The van der Waals surface area contributed by atoms with Crippen molar-refractivity contribution >= 4 is 17.7 Å². The number of benzene rings is 1. The lowest BCUT2D eigenvalue weighted by molar-refractivity contribution is -0.129. The maximum absolute atomic E-state index is 12.5. The molecular weight excluding hydrogens is 374 g/mol. The number of rotatable bonds is 7. The van der Waals surface area contributed by atoms with Gasteiger partial charge in [0.2, 0.25) is 5.91 Å². The summed E-state index contributed by atoms with van der Waals surface area (Å²) in [7, 11) is 1.90. The van der Waals surface area contributed by atoms with Gasteiger partial charge in [-0.15, -0.1) is 10.2 Å². The Kier molecular flexibility index (Phi) is 6.99. The first kappa shape index (κ1) is 20.7. The molecule has 1 aromatic heterocycles. The van der Waals surface area contributed by atoms with Crippen LogP contribution in [0.4, 0.5) is 0 Å². The molecule has 1 heterocycles. The Hall–Kier alpha value is -2.02. The lowest BCUT2D eigenvalue weighted by atomic mass is 9.87. The molecule has 28 heavy (non-hydrogen) atoms. The summed E-state index contributed by atoms with van der Waals surface area (Å²) in [5, 5.41) is 8.44. The van der Waals surface area contributed by atoms with Crippen LogP contribution in [0.1, 0.15) is 49.6 Å². The van der Waals surface area contributed by atoms with E-state index < -0.39 is 0 Å². The molecule has 0 N–H and O–H groups in total. The first-order valence-corrected chi connectivity index (χ1v) is 10.8. The second-order valence-corrected chi connectivity index (χ2v) is 8.65. The third kappa shape index (κ3) is 5.50. The monoisotopic (exact) mass is 403 g/mol. The number of carbonyl (C=O) groups is 1. The Morgan fingerprint density at radius 3 is 2.75 bits per heavy atom. The van der Waals surface area contributed by atoms with E-state index in [-0.39, 0.29) is 12.5 Å². The third-order valence-corrected chi connectivity index (χ3v) is 6.19. The minimum absolute atomic E-state index is 0.107. The van der Waals surface area contributed by atoms with E-state index in [2.05, 4.69) is 17.1 Å². The molecule has 6 nitrogen and oxygen atoms in total. The maximum atomic E-state index is 12.5. The number of hydrogen-bond acceptors (Lipinski definition) is 6. The number of aromatic nitrogens is 2. The molecule has 152 valence electrons. The van der Waals surface area contributed by atoms with Gasteiger partial charge in [0.1, 0.15) is 5.75 Å². The Morgan fingerprint density at radius 2 is 2.00 bits per heavy atom. The highest BCUT2D eigenvalue weighted by Gasteiger charge is 2.25. The Morgan fingerprint density at radius 1 is 1.25 bits per heavy atom. The fourth-order valence-electron chi connectivity index (χ4n) is 3.42. The molecule has 1 fully saturated rings. The van der Waals surface area contributed by atoms with Crippen LogP contribution in [-0.2, 0) is 11.4 Å². The number of nitrogens with zero attached hydrogens (tertiary/aromatic N) is 3. The summed E-state index contributed by atoms with van der Waals surface area (Å²) in [4.78, 5) is 14.4. The van der Waals surface area contributed by atoms with Crippen LogP contribution in [0.25, 0.3) is 0 Å². The van der Waals surface area contributed by atoms with Crippen molar-refractivity contribution < 1.29 is 13.9 Å². The molecule has 0 atom stereocenters. The molecule has 3 rings (SSSR count). The lowest BCUT2D eigenvalue weighted by Crippen LogP contribution is -2.40. The van der Waals surface area contributed by atoms with Crippen molar-refractivity contribution in [3.05, 3.63) is 35.2 Å². The molecule has 0 bridgehead atoms. The van der Waals surface area contributed by atoms with Gasteiger partial charge in [-0.05, 0) is 62.6 Å². The fraction of sp³-hybridized carbons (Fsp3) is 0.571. The summed E-state index contributed by atoms with van der Waals surface area (Å²) in [5.41, 5.74) is 2.20. The summed E-state index contributed by atoms with van der Waals surface area (Å²) in [6.45, 7) is 6.52. The predicted octanol–water partition coefficient (Wildman–Crippen LogP) is 4.39. The van der Waals surface area contributed by atoms with Gasteiger partial charge in [-0.1, -0.05) is 30.8 Å². The fourth-order valence-corrected chi connectivity index (χ4v) is 4.12. The normalized spacial score (nSPS) is 19.4. The number of carbonyl (C=O) groups excluding carboxylic acids is 1. The Bertz CT molecular complexity index is 800. The summed E-state index contributed by atoms with van der Waals surface area (Å²) in [6.07, 6.45) is 4.58. The number of hydrogen-bond donors (Lipinski definition) is 0. The zero-order valence-corrected chi connectivity index (χ0v) is 17.9. The minimum Gasteiger partial charge on any atom is -0.484 e. The molecule has 7 heteroatoms. The lowest BCUT2D eigenvalue weighted by Gasteiger charge is -2.33. The van der Waals surface area contributed by atoms with E-state index in [0.717, 1.165) is 35.6 Å². The first-order chi connectivity index (χ1) is 13.4. The highest BCUT2D eigenvalue weighted by atomic mass is 32.2. The average Bonchev–Trinajstić information content (AvgIpc) is 3.14. The van der Waals surface area contributed by atoms with Crippen LogP contribution < -0.4 is 4.74 Å². The first-order valence-electron chi connectivity index (χ1n) is 9.83. The van der Waals surface area contributed by atoms with E-state index in [4.69, 9.17) is 9.15 Å². The minimum atomic E-state index is 0.107.